The highest BCUT2D eigenvalue weighted by atomic mass is 16.2. The van der Waals surface area contributed by atoms with Crippen LogP contribution in [-0.4, -0.2) is 61.0 Å². The Balaban J connectivity index is 1.43. The third kappa shape index (κ3) is 3.44. The molecule has 0 N–H and O–H groups in total. The number of tetrazole rings is 1. The van der Waals surface area contributed by atoms with Crippen LogP contribution in [0.2, 0.25) is 0 Å². The maximum absolute atomic E-state index is 12.9. The molecule has 3 fully saturated rings. The van der Waals surface area contributed by atoms with E-state index in [1.165, 1.54) is 6.33 Å². The van der Waals surface area contributed by atoms with Gasteiger partial charge in [-0.05, 0) is 28.8 Å². The molecule has 0 saturated carbocycles. The monoisotopic (exact) mass is 354 g/mol. The average molecular weight is 354 g/mol. The van der Waals surface area contributed by atoms with Crippen molar-refractivity contribution in [2.45, 2.75) is 38.4 Å². The first kappa shape index (κ1) is 16.7. The van der Waals surface area contributed by atoms with Crippen LogP contribution in [0, 0.1) is 5.92 Å². The van der Waals surface area contributed by atoms with E-state index in [2.05, 4.69) is 15.5 Å². The fraction of sp³-hybridized carbons (Fsp3) is 0.500. The number of hydrogen-bond donors (Lipinski definition) is 0. The molecule has 26 heavy (non-hydrogen) atoms. The second-order valence-electron chi connectivity index (χ2n) is 7.00. The molecule has 2 amide bonds. The summed E-state index contributed by atoms with van der Waals surface area (Å²) in [5, 5.41) is 10.9. The Morgan fingerprint density at radius 1 is 1.15 bits per heavy atom. The number of nitrogens with zero attached hydrogens (tertiary/aromatic N) is 6. The van der Waals surface area contributed by atoms with Gasteiger partial charge in [-0.3, -0.25) is 9.59 Å². The minimum absolute atomic E-state index is 0.0618. The van der Waals surface area contributed by atoms with E-state index in [1.807, 2.05) is 40.1 Å². The lowest BCUT2D eigenvalue weighted by atomic mass is 9.93. The van der Waals surface area contributed by atoms with Crippen LogP contribution in [0.3, 0.4) is 0 Å². The molecule has 0 unspecified atom stereocenters. The van der Waals surface area contributed by atoms with Crippen molar-refractivity contribution >= 4 is 11.8 Å². The highest BCUT2D eigenvalue weighted by Gasteiger charge is 2.41. The van der Waals surface area contributed by atoms with Crippen molar-refractivity contribution in [2.24, 2.45) is 5.92 Å². The van der Waals surface area contributed by atoms with Crippen LogP contribution < -0.4 is 0 Å². The van der Waals surface area contributed by atoms with E-state index >= 15 is 0 Å². The fourth-order valence-corrected chi connectivity index (χ4v) is 3.88. The van der Waals surface area contributed by atoms with Crippen LogP contribution in [0.25, 0.3) is 0 Å². The lowest BCUT2D eigenvalue weighted by molar-refractivity contribution is -0.140. The number of carbonyl (C=O) groups is 2. The Morgan fingerprint density at radius 2 is 2.00 bits per heavy atom. The highest BCUT2D eigenvalue weighted by molar-refractivity contribution is 5.83. The second kappa shape index (κ2) is 7.23. The van der Waals surface area contributed by atoms with Crippen LogP contribution in [0.4, 0.5) is 0 Å². The van der Waals surface area contributed by atoms with Crippen LogP contribution in [0.5, 0.6) is 0 Å². The summed E-state index contributed by atoms with van der Waals surface area (Å²) in [6.07, 6.45) is 3.67. The first-order valence-corrected chi connectivity index (χ1v) is 9.03. The second-order valence-corrected chi connectivity index (χ2v) is 7.00. The number of aromatic nitrogens is 4. The smallest absolute Gasteiger partial charge is 0.228 e. The number of rotatable bonds is 5. The molecule has 8 heteroatoms. The summed E-state index contributed by atoms with van der Waals surface area (Å²) in [7, 11) is 0. The molecule has 3 saturated heterocycles. The third-order valence-electron chi connectivity index (χ3n) is 5.29. The average Bonchev–Trinajstić information content (AvgIpc) is 3.04. The molecule has 2 atom stereocenters. The summed E-state index contributed by atoms with van der Waals surface area (Å²) < 4.78 is 1.55. The molecule has 136 valence electrons. The van der Waals surface area contributed by atoms with Crippen LogP contribution in [-0.2, 0) is 22.7 Å². The molecule has 5 rings (SSSR count). The SMILES string of the molecule is O=C(CCn1cnnn1)N1C[C@@H]2CC[C@H](C1)N(Cc1ccccc1)C2=O. The van der Waals surface area contributed by atoms with Gasteiger partial charge in [-0.25, -0.2) is 4.68 Å². The van der Waals surface area contributed by atoms with Crippen molar-refractivity contribution in [3.63, 3.8) is 0 Å². The minimum atomic E-state index is -0.0885. The molecule has 1 aromatic heterocycles. The van der Waals surface area contributed by atoms with Crippen molar-refractivity contribution in [1.29, 1.82) is 0 Å². The first-order valence-electron chi connectivity index (χ1n) is 9.03. The zero-order valence-corrected chi connectivity index (χ0v) is 14.6. The molecule has 4 heterocycles. The summed E-state index contributed by atoms with van der Waals surface area (Å²) >= 11 is 0. The lowest BCUT2D eigenvalue weighted by Crippen LogP contribution is -2.47. The van der Waals surface area contributed by atoms with Crippen molar-refractivity contribution in [3.8, 4) is 0 Å². The van der Waals surface area contributed by atoms with E-state index < -0.39 is 0 Å². The van der Waals surface area contributed by atoms with E-state index in [4.69, 9.17) is 0 Å². The van der Waals surface area contributed by atoms with Gasteiger partial charge in [-0.15, -0.1) is 5.10 Å². The topological polar surface area (TPSA) is 84.2 Å². The van der Waals surface area contributed by atoms with E-state index in [0.29, 0.717) is 32.6 Å². The molecule has 2 bridgehead atoms. The summed E-state index contributed by atoms with van der Waals surface area (Å²) in [6.45, 7) is 2.21. The molecule has 1 aromatic carbocycles. The van der Waals surface area contributed by atoms with Crippen LogP contribution in [0.15, 0.2) is 36.7 Å². The molecule has 2 aromatic rings. The maximum Gasteiger partial charge on any atom is 0.228 e. The number of fused-ring (bicyclic) bond motifs is 4. The molecule has 3 aliphatic heterocycles. The standard InChI is InChI=1S/C18H22N6O2/c25-17(8-9-23-13-19-20-21-23)22-11-15-6-7-16(12-22)24(18(15)26)10-14-4-2-1-3-5-14/h1-5,13,15-16H,6-12H2/t15-,16+/m0/s1. The lowest BCUT2D eigenvalue weighted by Gasteiger charge is -2.36. The maximum atomic E-state index is 12.9. The number of aryl methyl sites for hydroxylation is 1. The Kier molecular flexibility index (Phi) is 4.64. The van der Waals surface area contributed by atoms with Gasteiger partial charge in [-0.2, -0.15) is 0 Å². The van der Waals surface area contributed by atoms with Gasteiger partial charge in [0, 0.05) is 32.1 Å². The first-order chi connectivity index (χ1) is 12.7. The number of benzene rings is 1. The van der Waals surface area contributed by atoms with E-state index in [9.17, 15) is 9.59 Å². The zero-order valence-electron chi connectivity index (χ0n) is 14.6. The van der Waals surface area contributed by atoms with Crippen LogP contribution in [0.1, 0.15) is 24.8 Å². The quantitative estimate of drug-likeness (QED) is 0.790. The van der Waals surface area contributed by atoms with Gasteiger partial charge in [-0.1, -0.05) is 30.3 Å². The zero-order chi connectivity index (χ0) is 17.9. The Hall–Kier alpha value is -2.77. The molecule has 0 aliphatic carbocycles. The van der Waals surface area contributed by atoms with Crippen molar-refractivity contribution < 1.29 is 9.59 Å². The Labute approximate surface area is 151 Å². The number of piperidine rings is 1. The molecule has 8 nitrogen and oxygen atoms in total. The molecule has 3 aliphatic rings. The molecule has 0 spiro atoms. The predicted octanol–water partition coefficient (Wildman–Crippen LogP) is 0.713. The molecular weight excluding hydrogens is 332 g/mol. The minimum Gasteiger partial charge on any atom is -0.340 e. The Morgan fingerprint density at radius 3 is 2.77 bits per heavy atom. The van der Waals surface area contributed by atoms with Crippen molar-refractivity contribution in [2.75, 3.05) is 13.1 Å². The van der Waals surface area contributed by atoms with Gasteiger partial charge in [0.1, 0.15) is 6.33 Å². The number of carbonyl (C=O) groups excluding carboxylic acids is 2. The van der Waals surface area contributed by atoms with Gasteiger partial charge in [0.05, 0.1) is 12.5 Å². The predicted molar refractivity (Wildman–Crippen MR) is 92.5 cm³/mol. The molecular formula is C18H22N6O2. The van der Waals surface area contributed by atoms with Gasteiger partial charge in [0.15, 0.2) is 0 Å². The Bertz CT molecular complexity index is 763. The summed E-state index contributed by atoms with van der Waals surface area (Å²) in [4.78, 5) is 29.4. The third-order valence-corrected chi connectivity index (χ3v) is 5.29. The van der Waals surface area contributed by atoms with E-state index in [-0.39, 0.29) is 23.8 Å². The summed E-state index contributed by atoms with van der Waals surface area (Å²) in [5.74, 6) is 0.155. The van der Waals surface area contributed by atoms with E-state index in [1.54, 1.807) is 4.68 Å². The largest absolute Gasteiger partial charge is 0.340 e. The summed E-state index contributed by atoms with van der Waals surface area (Å²) in [5.41, 5.74) is 1.13. The highest BCUT2D eigenvalue weighted by Crippen LogP contribution is 2.30. The summed E-state index contributed by atoms with van der Waals surface area (Å²) in [6, 6.07) is 10.1. The van der Waals surface area contributed by atoms with E-state index in [0.717, 1.165) is 18.4 Å². The van der Waals surface area contributed by atoms with Crippen molar-refractivity contribution in [1.82, 2.24) is 30.0 Å². The van der Waals surface area contributed by atoms with Gasteiger partial charge >= 0.3 is 0 Å². The van der Waals surface area contributed by atoms with Crippen LogP contribution >= 0.6 is 0 Å². The van der Waals surface area contributed by atoms with Gasteiger partial charge in [0.25, 0.3) is 0 Å². The molecule has 0 radical (unpaired) electrons. The van der Waals surface area contributed by atoms with Gasteiger partial charge < -0.3 is 9.80 Å². The number of hydrogen-bond acceptors (Lipinski definition) is 5. The van der Waals surface area contributed by atoms with Gasteiger partial charge in [0.2, 0.25) is 11.8 Å². The fourth-order valence-electron chi connectivity index (χ4n) is 3.88. The number of amides is 2. The van der Waals surface area contributed by atoms with Crippen molar-refractivity contribution in [3.05, 3.63) is 42.2 Å². The normalized spacial score (nSPS) is 22.5.